The van der Waals surface area contributed by atoms with Gasteiger partial charge in [-0.05, 0) is 25.7 Å². The van der Waals surface area contributed by atoms with Gasteiger partial charge in [0.15, 0.2) is 5.82 Å². The number of anilines is 3. The van der Waals surface area contributed by atoms with Crippen LogP contribution < -0.4 is 10.2 Å². The second-order valence-corrected chi connectivity index (χ2v) is 6.95. The molecule has 1 N–H and O–H groups in total. The first-order chi connectivity index (χ1) is 12.7. The molecule has 4 rings (SSSR count). The predicted octanol–water partition coefficient (Wildman–Crippen LogP) is 4.42. The number of aryl methyl sites for hydroxylation is 1. The molecule has 3 aromatic rings. The lowest BCUT2D eigenvalue weighted by atomic mass is 10.0. The molecule has 0 radical (unpaired) electrons. The lowest BCUT2D eigenvalue weighted by Gasteiger charge is -2.31. The lowest BCUT2D eigenvalue weighted by Crippen LogP contribution is -2.35. The molecule has 6 heteroatoms. The van der Waals surface area contributed by atoms with E-state index < -0.39 is 0 Å². The largest absolute Gasteiger partial charge is 0.360 e. The third-order valence-corrected chi connectivity index (χ3v) is 4.61. The van der Waals surface area contributed by atoms with Crippen LogP contribution in [-0.2, 0) is 0 Å². The van der Waals surface area contributed by atoms with E-state index in [2.05, 4.69) is 34.4 Å². The average Bonchev–Trinajstić information content (AvgIpc) is 3.07. The van der Waals surface area contributed by atoms with Gasteiger partial charge in [0.25, 0.3) is 0 Å². The standard InChI is InChI=1S/C20H23N5O/c1-14-7-6-10-25(13-14)20-21-17(16-8-4-3-5-9-16)12-18(23-20)22-19-11-15(2)26-24-19/h3-5,8-9,11-12,14H,6-7,10,13H2,1-2H3,(H,21,22,23,24). The minimum absolute atomic E-state index is 0.651. The molecule has 0 spiro atoms. The quantitative estimate of drug-likeness (QED) is 0.752. The van der Waals surface area contributed by atoms with Crippen LogP contribution in [0.4, 0.5) is 17.6 Å². The molecule has 0 amide bonds. The number of benzene rings is 1. The fourth-order valence-corrected chi connectivity index (χ4v) is 3.32. The van der Waals surface area contributed by atoms with E-state index >= 15 is 0 Å². The summed E-state index contributed by atoms with van der Waals surface area (Å²) in [5.74, 6) is 3.55. The molecular weight excluding hydrogens is 326 g/mol. The van der Waals surface area contributed by atoms with Crippen LogP contribution in [0.5, 0.6) is 0 Å². The monoisotopic (exact) mass is 349 g/mol. The third-order valence-electron chi connectivity index (χ3n) is 4.61. The summed E-state index contributed by atoms with van der Waals surface area (Å²) in [5, 5.41) is 7.25. The second kappa shape index (κ2) is 7.15. The fraction of sp³-hybridized carbons (Fsp3) is 0.350. The fourth-order valence-electron chi connectivity index (χ4n) is 3.32. The molecule has 1 aliphatic rings. The van der Waals surface area contributed by atoms with Crippen molar-refractivity contribution in [3.63, 3.8) is 0 Å². The molecule has 1 aromatic carbocycles. The number of nitrogens with one attached hydrogen (secondary N) is 1. The number of nitrogens with zero attached hydrogens (tertiary/aromatic N) is 4. The molecule has 1 fully saturated rings. The maximum absolute atomic E-state index is 5.15. The number of hydrogen-bond acceptors (Lipinski definition) is 6. The zero-order chi connectivity index (χ0) is 17.9. The van der Waals surface area contributed by atoms with Crippen LogP contribution in [0.2, 0.25) is 0 Å². The molecule has 1 aliphatic heterocycles. The number of aromatic nitrogens is 3. The van der Waals surface area contributed by atoms with E-state index in [1.165, 1.54) is 12.8 Å². The van der Waals surface area contributed by atoms with Crippen molar-refractivity contribution in [1.29, 1.82) is 0 Å². The average molecular weight is 349 g/mol. The summed E-state index contributed by atoms with van der Waals surface area (Å²) >= 11 is 0. The van der Waals surface area contributed by atoms with E-state index in [0.29, 0.717) is 11.7 Å². The molecule has 3 heterocycles. The van der Waals surface area contributed by atoms with Crippen molar-refractivity contribution >= 4 is 17.6 Å². The highest BCUT2D eigenvalue weighted by atomic mass is 16.5. The molecule has 0 saturated carbocycles. The van der Waals surface area contributed by atoms with Crippen molar-refractivity contribution in [2.45, 2.75) is 26.7 Å². The van der Waals surface area contributed by atoms with Gasteiger partial charge >= 0.3 is 0 Å². The topological polar surface area (TPSA) is 67.1 Å². The summed E-state index contributed by atoms with van der Waals surface area (Å²) in [6.07, 6.45) is 2.43. The molecule has 0 bridgehead atoms. The van der Waals surface area contributed by atoms with E-state index in [-0.39, 0.29) is 0 Å². The number of hydrogen-bond donors (Lipinski definition) is 1. The molecule has 2 aromatic heterocycles. The summed E-state index contributed by atoms with van der Waals surface area (Å²) in [5.41, 5.74) is 1.97. The van der Waals surface area contributed by atoms with Crippen molar-refractivity contribution < 1.29 is 4.52 Å². The van der Waals surface area contributed by atoms with Gasteiger partial charge in [-0.3, -0.25) is 0 Å². The SMILES string of the molecule is Cc1cc(Nc2cc(-c3ccccc3)nc(N3CCCC(C)C3)n2)no1. The van der Waals surface area contributed by atoms with E-state index in [4.69, 9.17) is 14.5 Å². The van der Waals surface area contributed by atoms with Crippen molar-refractivity contribution in [2.75, 3.05) is 23.3 Å². The summed E-state index contributed by atoms with van der Waals surface area (Å²) in [4.78, 5) is 11.9. The van der Waals surface area contributed by atoms with Gasteiger partial charge in [0, 0.05) is 30.8 Å². The Hall–Kier alpha value is -2.89. The van der Waals surface area contributed by atoms with E-state index in [0.717, 1.165) is 41.9 Å². The van der Waals surface area contributed by atoms with Gasteiger partial charge in [0.1, 0.15) is 11.6 Å². The summed E-state index contributed by atoms with van der Waals surface area (Å²) in [7, 11) is 0. The minimum atomic E-state index is 0.651. The van der Waals surface area contributed by atoms with Gasteiger partial charge < -0.3 is 14.7 Å². The van der Waals surface area contributed by atoms with Crippen molar-refractivity contribution in [3.8, 4) is 11.3 Å². The molecule has 134 valence electrons. The summed E-state index contributed by atoms with van der Waals surface area (Å²) in [6, 6.07) is 14.0. The Bertz CT molecular complexity index is 877. The number of piperidine rings is 1. The minimum Gasteiger partial charge on any atom is -0.360 e. The van der Waals surface area contributed by atoms with Crippen LogP contribution in [-0.4, -0.2) is 28.2 Å². The summed E-state index contributed by atoms with van der Waals surface area (Å²) < 4.78 is 5.15. The normalized spacial score (nSPS) is 17.3. The van der Waals surface area contributed by atoms with Crippen LogP contribution in [0.3, 0.4) is 0 Å². The van der Waals surface area contributed by atoms with Crippen LogP contribution in [0, 0.1) is 12.8 Å². The van der Waals surface area contributed by atoms with Gasteiger partial charge in [-0.1, -0.05) is 42.4 Å². The number of rotatable bonds is 4. The van der Waals surface area contributed by atoms with Crippen LogP contribution >= 0.6 is 0 Å². The molecule has 0 aliphatic carbocycles. The Morgan fingerprint density at radius 3 is 2.69 bits per heavy atom. The van der Waals surface area contributed by atoms with E-state index in [1.807, 2.05) is 37.3 Å². The van der Waals surface area contributed by atoms with Gasteiger partial charge in [0.05, 0.1) is 5.69 Å². The maximum Gasteiger partial charge on any atom is 0.227 e. The highest BCUT2D eigenvalue weighted by Crippen LogP contribution is 2.27. The molecule has 1 atom stereocenters. The van der Waals surface area contributed by atoms with Gasteiger partial charge in [-0.25, -0.2) is 4.98 Å². The van der Waals surface area contributed by atoms with Crippen molar-refractivity contribution in [2.24, 2.45) is 5.92 Å². The van der Waals surface area contributed by atoms with Crippen LogP contribution in [0.15, 0.2) is 47.0 Å². The first-order valence-electron chi connectivity index (χ1n) is 9.07. The zero-order valence-electron chi connectivity index (χ0n) is 15.1. The molecular formula is C20H23N5O. The highest BCUT2D eigenvalue weighted by molar-refractivity contribution is 5.66. The van der Waals surface area contributed by atoms with E-state index in [9.17, 15) is 0 Å². The third kappa shape index (κ3) is 3.69. The molecule has 26 heavy (non-hydrogen) atoms. The first kappa shape index (κ1) is 16.6. The highest BCUT2D eigenvalue weighted by Gasteiger charge is 2.20. The Labute approximate surface area is 153 Å². The van der Waals surface area contributed by atoms with Crippen molar-refractivity contribution in [3.05, 3.63) is 48.2 Å². The molecule has 6 nitrogen and oxygen atoms in total. The zero-order valence-corrected chi connectivity index (χ0v) is 15.1. The predicted molar refractivity (Wildman–Crippen MR) is 103 cm³/mol. The van der Waals surface area contributed by atoms with Crippen molar-refractivity contribution in [1.82, 2.24) is 15.1 Å². The van der Waals surface area contributed by atoms with Gasteiger partial charge in [-0.15, -0.1) is 0 Å². The summed E-state index contributed by atoms with van der Waals surface area (Å²) in [6.45, 7) is 6.13. The van der Waals surface area contributed by atoms with E-state index in [1.54, 1.807) is 0 Å². The Morgan fingerprint density at radius 1 is 1.12 bits per heavy atom. The first-order valence-corrected chi connectivity index (χ1v) is 9.07. The smallest absolute Gasteiger partial charge is 0.227 e. The van der Waals surface area contributed by atoms with Gasteiger partial charge in [0.2, 0.25) is 5.95 Å². The molecule has 1 unspecified atom stereocenters. The Morgan fingerprint density at radius 2 is 1.96 bits per heavy atom. The lowest BCUT2D eigenvalue weighted by molar-refractivity contribution is 0.400. The van der Waals surface area contributed by atoms with Crippen LogP contribution in [0.1, 0.15) is 25.5 Å². The van der Waals surface area contributed by atoms with Crippen LogP contribution in [0.25, 0.3) is 11.3 Å². The maximum atomic E-state index is 5.15. The Balaban J connectivity index is 1.71. The molecule has 1 saturated heterocycles. The second-order valence-electron chi connectivity index (χ2n) is 6.95. The Kier molecular flexibility index (Phi) is 4.56. The van der Waals surface area contributed by atoms with Gasteiger partial charge in [-0.2, -0.15) is 4.98 Å².